The molecule has 0 N–H and O–H groups in total. The molecule has 0 fully saturated rings. The van der Waals surface area contributed by atoms with Crippen LogP contribution in [0.3, 0.4) is 0 Å². The minimum atomic E-state index is -0.378. The second-order valence-electron chi connectivity index (χ2n) is 8.39. The number of ketones is 1. The van der Waals surface area contributed by atoms with Crippen LogP contribution in [0.15, 0.2) is 48.5 Å². The zero-order valence-corrected chi connectivity index (χ0v) is 17.7. The molecule has 0 radical (unpaired) electrons. The molecule has 1 aliphatic rings. The minimum Gasteiger partial charge on any atom is -0.465 e. The van der Waals surface area contributed by atoms with Crippen LogP contribution in [0.25, 0.3) is 6.08 Å². The van der Waals surface area contributed by atoms with Crippen LogP contribution in [0, 0.1) is 0 Å². The minimum absolute atomic E-state index is 0.00288. The maximum Gasteiger partial charge on any atom is 0.337 e. The second-order valence-corrected chi connectivity index (χ2v) is 8.39. The molecule has 2 aromatic carbocycles. The van der Waals surface area contributed by atoms with Crippen LogP contribution in [0.4, 0.5) is 0 Å². The van der Waals surface area contributed by atoms with Crippen LogP contribution in [0.2, 0.25) is 0 Å². The zero-order valence-electron chi connectivity index (χ0n) is 17.7. The van der Waals surface area contributed by atoms with E-state index in [2.05, 4.69) is 20.8 Å². The van der Waals surface area contributed by atoms with Crippen molar-refractivity contribution in [2.24, 2.45) is 0 Å². The SMILES string of the molecule is COC(=O)c1ccc(/C=C/C(=O)c2ccc3c(c2)C(C)(C)CCC3(C)OC)cc1. The molecule has 3 rings (SSSR count). The highest BCUT2D eigenvalue weighted by Crippen LogP contribution is 2.46. The van der Waals surface area contributed by atoms with Crippen molar-refractivity contribution in [1.29, 1.82) is 0 Å². The number of allylic oxidation sites excluding steroid dienone is 1. The van der Waals surface area contributed by atoms with Gasteiger partial charge in [-0.2, -0.15) is 0 Å². The predicted octanol–water partition coefficient (Wildman–Crippen LogP) is 5.30. The summed E-state index contributed by atoms with van der Waals surface area (Å²) in [6.07, 6.45) is 5.29. The number of rotatable bonds is 5. The largest absolute Gasteiger partial charge is 0.465 e. The first kappa shape index (κ1) is 21.0. The average Bonchev–Trinajstić information content (AvgIpc) is 2.74. The molecular weight excluding hydrogens is 364 g/mol. The molecule has 29 heavy (non-hydrogen) atoms. The Hall–Kier alpha value is -2.72. The number of hydrogen-bond acceptors (Lipinski definition) is 4. The maximum atomic E-state index is 12.8. The summed E-state index contributed by atoms with van der Waals surface area (Å²) >= 11 is 0. The Bertz CT molecular complexity index is 953. The molecule has 4 heteroatoms. The lowest BCUT2D eigenvalue weighted by atomic mass is 9.67. The smallest absolute Gasteiger partial charge is 0.337 e. The Labute approximate surface area is 172 Å². The van der Waals surface area contributed by atoms with Gasteiger partial charge in [0.1, 0.15) is 0 Å². The van der Waals surface area contributed by atoms with Crippen molar-refractivity contribution in [2.45, 2.75) is 44.6 Å². The van der Waals surface area contributed by atoms with E-state index in [1.54, 1.807) is 43.5 Å². The molecule has 1 aliphatic carbocycles. The first-order valence-electron chi connectivity index (χ1n) is 9.81. The molecular formula is C25H28O4. The zero-order chi connectivity index (χ0) is 21.2. The molecule has 0 saturated carbocycles. The first-order valence-corrected chi connectivity index (χ1v) is 9.81. The highest BCUT2D eigenvalue weighted by molar-refractivity contribution is 6.07. The van der Waals surface area contributed by atoms with Gasteiger partial charge in [0.2, 0.25) is 0 Å². The molecule has 2 aromatic rings. The number of carbonyl (C=O) groups is 2. The summed E-state index contributed by atoms with van der Waals surface area (Å²) in [5.74, 6) is -0.429. The van der Waals surface area contributed by atoms with Crippen molar-refractivity contribution in [3.63, 3.8) is 0 Å². The van der Waals surface area contributed by atoms with Crippen molar-refractivity contribution in [3.8, 4) is 0 Å². The van der Waals surface area contributed by atoms with Crippen molar-refractivity contribution >= 4 is 17.8 Å². The third-order valence-electron chi connectivity index (χ3n) is 6.04. The first-order chi connectivity index (χ1) is 13.7. The monoisotopic (exact) mass is 392 g/mol. The van der Waals surface area contributed by atoms with Gasteiger partial charge in [-0.25, -0.2) is 4.79 Å². The van der Waals surface area contributed by atoms with Gasteiger partial charge in [0.25, 0.3) is 0 Å². The fraction of sp³-hybridized carbons (Fsp3) is 0.360. The van der Waals surface area contributed by atoms with Crippen LogP contribution in [0.5, 0.6) is 0 Å². The summed E-state index contributed by atoms with van der Waals surface area (Å²) in [4.78, 5) is 24.3. The van der Waals surface area contributed by atoms with Crippen LogP contribution in [-0.4, -0.2) is 26.0 Å². The van der Waals surface area contributed by atoms with E-state index in [-0.39, 0.29) is 22.8 Å². The average molecular weight is 392 g/mol. The highest BCUT2D eigenvalue weighted by Gasteiger charge is 2.40. The van der Waals surface area contributed by atoms with Gasteiger partial charge in [-0.3, -0.25) is 4.79 Å². The summed E-state index contributed by atoms with van der Waals surface area (Å²) in [5.41, 5.74) is 4.01. The van der Waals surface area contributed by atoms with Crippen molar-refractivity contribution in [2.75, 3.05) is 14.2 Å². The summed E-state index contributed by atoms with van der Waals surface area (Å²) in [5, 5.41) is 0. The molecule has 1 atom stereocenters. The third kappa shape index (κ3) is 4.18. The number of benzene rings is 2. The molecule has 152 valence electrons. The lowest BCUT2D eigenvalue weighted by Gasteiger charge is -2.42. The van der Waals surface area contributed by atoms with Crippen molar-refractivity contribution in [1.82, 2.24) is 0 Å². The number of ether oxygens (including phenoxy) is 2. The molecule has 0 amide bonds. The van der Waals surface area contributed by atoms with E-state index in [0.717, 1.165) is 24.0 Å². The fourth-order valence-electron chi connectivity index (χ4n) is 3.87. The summed E-state index contributed by atoms with van der Waals surface area (Å²) < 4.78 is 10.5. The number of methoxy groups -OCH3 is 2. The fourth-order valence-corrected chi connectivity index (χ4v) is 3.87. The van der Waals surface area contributed by atoms with Gasteiger partial charge in [0.05, 0.1) is 18.3 Å². The molecule has 1 unspecified atom stereocenters. The van der Waals surface area contributed by atoms with E-state index in [1.165, 1.54) is 12.7 Å². The lowest BCUT2D eigenvalue weighted by Crippen LogP contribution is -2.37. The van der Waals surface area contributed by atoms with Gasteiger partial charge in [-0.1, -0.05) is 44.2 Å². The molecule has 0 saturated heterocycles. The van der Waals surface area contributed by atoms with Gasteiger partial charge in [-0.05, 0) is 66.1 Å². The predicted molar refractivity (Wildman–Crippen MR) is 114 cm³/mol. The number of hydrogen-bond donors (Lipinski definition) is 0. The molecule has 0 spiro atoms. The quantitative estimate of drug-likeness (QED) is 0.393. The molecule has 0 aliphatic heterocycles. The Balaban J connectivity index is 1.85. The highest BCUT2D eigenvalue weighted by atomic mass is 16.5. The van der Waals surface area contributed by atoms with Crippen LogP contribution in [-0.2, 0) is 20.5 Å². The van der Waals surface area contributed by atoms with Gasteiger partial charge >= 0.3 is 5.97 Å². The molecule has 0 heterocycles. The van der Waals surface area contributed by atoms with Crippen LogP contribution < -0.4 is 0 Å². The normalized spacial score (nSPS) is 20.3. The van der Waals surface area contributed by atoms with E-state index in [0.29, 0.717) is 11.1 Å². The summed E-state index contributed by atoms with van der Waals surface area (Å²) in [7, 11) is 3.10. The maximum absolute atomic E-state index is 12.8. The summed E-state index contributed by atoms with van der Waals surface area (Å²) in [6, 6.07) is 12.9. The van der Waals surface area contributed by atoms with E-state index < -0.39 is 0 Å². The van der Waals surface area contributed by atoms with Crippen LogP contribution in [0.1, 0.15) is 71.0 Å². The molecule has 0 bridgehead atoms. The molecule has 4 nitrogen and oxygen atoms in total. The number of fused-ring (bicyclic) bond motifs is 1. The topological polar surface area (TPSA) is 52.6 Å². The lowest BCUT2D eigenvalue weighted by molar-refractivity contribution is -0.0202. The standard InChI is InChI=1S/C25H28O4/c1-24(2)14-15-25(3,29-5)20-12-11-19(16-21(20)24)22(26)13-8-17-6-9-18(10-7-17)23(27)28-4/h6-13,16H,14-15H2,1-5H3/b13-8+. The van der Waals surface area contributed by atoms with Gasteiger partial charge in [0.15, 0.2) is 5.78 Å². The van der Waals surface area contributed by atoms with Gasteiger partial charge in [-0.15, -0.1) is 0 Å². The third-order valence-corrected chi connectivity index (χ3v) is 6.04. The Morgan fingerprint density at radius 2 is 1.55 bits per heavy atom. The van der Waals surface area contributed by atoms with Crippen molar-refractivity contribution in [3.05, 3.63) is 76.4 Å². The number of carbonyl (C=O) groups excluding carboxylic acids is 2. The Morgan fingerprint density at radius 1 is 0.897 bits per heavy atom. The van der Waals surface area contributed by atoms with E-state index >= 15 is 0 Å². The Kier molecular flexibility index (Phi) is 5.76. The summed E-state index contributed by atoms with van der Waals surface area (Å²) in [6.45, 7) is 6.54. The van der Waals surface area contributed by atoms with Crippen LogP contribution >= 0.6 is 0 Å². The second kappa shape index (κ2) is 7.96. The Morgan fingerprint density at radius 3 is 2.17 bits per heavy atom. The van der Waals surface area contributed by atoms with Gasteiger partial charge in [0, 0.05) is 12.7 Å². The molecule has 0 aromatic heterocycles. The van der Waals surface area contributed by atoms with E-state index in [1.807, 2.05) is 18.2 Å². The van der Waals surface area contributed by atoms with Gasteiger partial charge < -0.3 is 9.47 Å². The van der Waals surface area contributed by atoms with Crippen molar-refractivity contribution < 1.29 is 19.1 Å². The van der Waals surface area contributed by atoms with E-state index in [9.17, 15) is 9.59 Å². The number of esters is 1. The van der Waals surface area contributed by atoms with E-state index in [4.69, 9.17) is 9.47 Å².